The number of pyridine rings is 1. The molecule has 3 rings (SSSR count). The van der Waals surface area contributed by atoms with Crippen LogP contribution in [0.5, 0.6) is 11.5 Å². The molecule has 0 amide bonds. The van der Waals surface area contributed by atoms with Gasteiger partial charge in [-0.25, -0.2) is 0 Å². The number of aromatic nitrogens is 3. The van der Waals surface area contributed by atoms with Crippen LogP contribution < -0.4 is 5.43 Å². The Morgan fingerprint density at radius 3 is 2.48 bits per heavy atom. The maximum atomic E-state index is 13.4. The van der Waals surface area contributed by atoms with Crippen LogP contribution in [0.2, 0.25) is 0 Å². The summed E-state index contributed by atoms with van der Waals surface area (Å²) in [6.45, 7) is 2.62. The molecular formula is C16H11F3N4O6. The predicted octanol–water partition coefficient (Wildman–Crippen LogP) is 3.05. The summed E-state index contributed by atoms with van der Waals surface area (Å²) in [6.07, 6.45) is -4.93. The van der Waals surface area contributed by atoms with E-state index in [4.69, 9.17) is 4.52 Å². The normalized spacial score (nSPS) is 11.6. The van der Waals surface area contributed by atoms with Crippen LogP contribution in [-0.2, 0) is 6.18 Å². The summed E-state index contributed by atoms with van der Waals surface area (Å²) < 4.78 is 45.0. The number of nitrogens with zero attached hydrogens (tertiary/aromatic N) is 3. The number of hydrogen-bond acceptors (Lipinski definition) is 8. The predicted molar refractivity (Wildman–Crippen MR) is 90.3 cm³/mol. The van der Waals surface area contributed by atoms with Crippen LogP contribution in [0.4, 0.5) is 18.9 Å². The van der Waals surface area contributed by atoms with Crippen molar-refractivity contribution in [1.29, 1.82) is 0 Å². The number of hydrogen-bond donors (Lipinski definition) is 3. The quantitative estimate of drug-likeness (QED) is 0.337. The van der Waals surface area contributed by atoms with Crippen molar-refractivity contribution in [2.24, 2.45) is 0 Å². The van der Waals surface area contributed by atoms with Crippen LogP contribution in [0.15, 0.2) is 21.5 Å². The molecule has 29 heavy (non-hydrogen) atoms. The Balaban J connectivity index is 2.22. The first-order chi connectivity index (χ1) is 13.4. The largest absolute Gasteiger partial charge is 0.504 e. The van der Waals surface area contributed by atoms with Gasteiger partial charge in [-0.05, 0) is 19.9 Å². The number of H-pyrrole nitrogens is 1. The summed E-state index contributed by atoms with van der Waals surface area (Å²) in [5.74, 6) is -3.10. The number of alkyl halides is 3. The van der Waals surface area contributed by atoms with E-state index in [1.165, 1.54) is 13.8 Å². The van der Waals surface area contributed by atoms with Gasteiger partial charge in [-0.2, -0.15) is 18.2 Å². The molecule has 3 N–H and O–H groups in total. The van der Waals surface area contributed by atoms with E-state index in [0.717, 1.165) is 12.1 Å². The van der Waals surface area contributed by atoms with Crippen molar-refractivity contribution in [2.75, 3.05) is 0 Å². The highest BCUT2D eigenvalue weighted by molar-refractivity contribution is 5.69. The van der Waals surface area contributed by atoms with E-state index in [-0.39, 0.29) is 16.8 Å². The molecule has 0 aliphatic rings. The van der Waals surface area contributed by atoms with Crippen LogP contribution >= 0.6 is 0 Å². The molecule has 0 unspecified atom stereocenters. The van der Waals surface area contributed by atoms with Crippen molar-refractivity contribution in [3.8, 4) is 34.3 Å². The number of aryl methyl sites for hydroxylation is 1. The third kappa shape index (κ3) is 3.37. The molecule has 0 saturated heterocycles. The molecule has 0 bridgehead atoms. The molecule has 0 atom stereocenters. The number of nitro groups is 1. The van der Waals surface area contributed by atoms with Gasteiger partial charge in [-0.15, -0.1) is 0 Å². The molecule has 1 aromatic carbocycles. The third-order valence-corrected chi connectivity index (χ3v) is 4.14. The van der Waals surface area contributed by atoms with Crippen molar-refractivity contribution in [1.82, 2.24) is 15.1 Å². The first-order valence-electron chi connectivity index (χ1n) is 7.77. The van der Waals surface area contributed by atoms with Crippen LogP contribution in [-0.4, -0.2) is 30.3 Å². The van der Waals surface area contributed by atoms with E-state index >= 15 is 0 Å². The van der Waals surface area contributed by atoms with E-state index in [2.05, 4.69) is 15.1 Å². The minimum atomic E-state index is -4.93. The SMILES string of the molecule is Cc1[nH]c(C(F)(F)F)c(-c2noc(-c3cc(O)c(O)c([N+](=O)[O-])c3)n2)c(=O)c1C. The number of aromatic amines is 1. The molecule has 2 aromatic heterocycles. The van der Waals surface area contributed by atoms with Crippen molar-refractivity contribution in [3.05, 3.63) is 49.4 Å². The standard InChI is InChI=1S/C16H11F3N4O6/c1-5-6(2)20-13(16(17,18)19)10(11(5)25)14-21-15(29-22-14)7-3-8(23(27)28)12(26)9(24)4-7/h3-4,24,26H,1-2H3,(H,20,25). The van der Waals surface area contributed by atoms with Crippen LogP contribution in [0.3, 0.4) is 0 Å². The Labute approximate surface area is 158 Å². The Morgan fingerprint density at radius 1 is 1.24 bits per heavy atom. The Bertz CT molecular complexity index is 1200. The van der Waals surface area contributed by atoms with E-state index < -0.39 is 56.7 Å². The lowest BCUT2D eigenvalue weighted by Gasteiger charge is -2.12. The lowest BCUT2D eigenvalue weighted by molar-refractivity contribution is -0.385. The van der Waals surface area contributed by atoms with E-state index in [1.54, 1.807) is 0 Å². The maximum absolute atomic E-state index is 13.4. The zero-order valence-corrected chi connectivity index (χ0v) is 14.7. The number of phenols is 2. The summed E-state index contributed by atoms with van der Waals surface area (Å²) in [5.41, 5.74) is -4.35. The average molecular weight is 412 g/mol. The van der Waals surface area contributed by atoms with Gasteiger partial charge in [-0.3, -0.25) is 14.9 Å². The van der Waals surface area contributed by atoms with Crippen molar-refractivity contribution in [3.63, 3.8) is 0 Å². The third-order valence-electron chi connectivity index (χ3n) is 4.14. The molecule has 0 fully saturated rings. The number of nitro benzene ring substituents is 1. The molecule has 0 aliphatic heterocycles. The lowest BCUT2D eigenvalue weighted by atomic mass is 10.1. The van der Waals surface area contributed by atoms with Gasteiger partial charge in [0.15, 0.2) is 11.2 Å². The minimum absolute atomic E-state index is 0.00822. The maximum Gasteiger partial charge on any atom is 0.432 e. The monoisotopic (exact) mass is 412 g/mol. The minimum Gasteiger partial charge on any atom is -0.504 e. The number of rotatable bonds is 3. The molecule has 152 valence electrons. The summed E-state index contributed by atoms with van der Waals surface area (Å²) in [5, 5.41) is 33.5. The Hall–Kier alpha value is -3.90. The topological polar surface area (TPSA) is 155 Å². The highest BCUT2D eigenvalue weighted by atomic mass is 19.4. The second-order valence-electron chi connectivity index (χ2n) is 6.00. The van der Waals surface area contributed by atoms with Gasteiger partial charge >= 0.3 is 11.9 Å². The van der Waals surface area contributed by atoms with Gasteiger partial charge in [0.2, 0.25) is 11.6 Å². The molecule has 3 aromatic rings. The first-order valence-corrected chi connectivity index (χ1v) is 7.77. The number of halogens is 3. The second kappa shape index (κ2) is 6.61. The van der Waals surface area contributed by atoms with Crippen molar-refractivity contribution in [2.45, 2.75) is 20.0 Å². The van der Waals surface area contributed by atoms with E-state index in [1.807, 2.05) is 0 Å². The summed E-state index contributed by atoms with van der Waals surface area (Å²) in [7, 11) is 0. The second-order valence-corrected chi connectivity index (χ2v) is 6.00. The molecule has 0 aliphatic carbocycles. The van der Waals surface area contributed by atoms with Crippen LogP contribution in [0.25, 0.3) is 22.8 Å². The Morgan fingerprint density at radius 2 is 1.90 bits per heavy atom. The van der Waals surface area contributed by atoms with Gasteiger partial charge in [0, 0.05) is 17.3 Å². The van der Waals surface area contributed by atoms with E-state index in [9.17, 15) is 38.3 Å². The van der Waals surface area contributed by atoms with Gasteiger partial charge in [0.1, 0.15) is 5.69 Å². The van der Waals surface area contributed by atoms with Gasteiger partial charge < -0.3 is 19.7 Å². The lowest BCUT2D eigenvalue weighted by Crippen LogP contribution is -2.21. The number of benzene rings is 1. The molecule has 0 radical (unpaired) electrons. The first kappa shape index (κ1) is 19.9. The molecule has 0 saturated carbocycles. The smallest absolute Gasteiger partial charge is 0.432 e. The van der Waals surface area contributed by atoms with Crippen molar-refractivity contribution < 1.29 is 32.8 Å². The van der Waals surface area contributed by atoms with Crippen molar-refractivity contribution >= 4 is 5.69 Å². The van der Waals surface area contributed by atoms with Gasteiger partial charge in [-0.1, -0.05) is 5.16 Å². The van der Waals surface area contributed by atoms with Gasteiger partial charge in [0.25, 0.3) is 5.89 Å². The molecule has 0 spiro atoms. The zero-order valence-electron chi connectivity index (χ0n) is 14.7. The molecular weight excluding hydrogens is 401 g/mol. The average Bonchev–Trinajstić information content (AvgIpc) is 3.10. The fourth-order valence-electron chi connectivity index (χ4n) is 2.55. The van der Waals surface area contributed by atoms with Gasteiger partial charge in [0.05, 0.1) is 16.1 Å². The fraction of sp³-hybridized carbons (Fsp3) is 0.188. The molecule has 13 heteroatoms. The zero-order chi connectivity index (χ0) is 21.7. The van der Waals surface area contributed by atoms with Crippen LogP contribution in [0.1, 0.15) is 17.0 Å². The van der Waals surface area contributed by atoms with E-state index in [0.29, 0.717) is 0 Å². The number of nitrogens with one attached hydrogen (secondary N) is 1. The summed E-state index contributed by atoms with van der Waals surface area (Å²) in [4.78, 5) is 28.2. The Kier molecular flexibility index (Phi) is 4.53. The number of aromatic hydroxyl groups is 2. The molecule has 10 nitrogen and oxygen atoms in total. The summed E-state index contributed by atoms with van der Waals surface area (Å²) in [6, 6.07) is 1.62. The summed E-state index contributed by atoms with van der Waals surface area (Å²) >= 11 is 0. The number of phenolic OH excluding ortho intramolecular Hbond substituents is 2. The highest BCUT2D eigenvalue weighted by Crippen LogP contribution is 2.40. The molecule has 2 heterocycles. The highest BCUT2D eigenvalue weighted by Gasteiger charge is 2.38. The fourth-order valence-corrected chi connectivity index (χ4v) is 2.55. The van der Waals surface area contributed by atoms with Crippen LogP contribution in [0, 0.1) is 24.0 Å².